The van der Waals surface area contributed by atoms with Gasteiger partial charge < -0.3 is 5.32 Å². The van der Waals surface area contributed by atoms with Crippen molar-refractivity contribution in [1.29, 1.82) is 0 Å². The number of carbonyl (C=O) groups is 1. The van der Waals surface area contributed by atoms with Crippen LogP contribution in [0.5, 0.6) is 0 Å². The van der Waals surface area contributed by atoms with E-state index in [4.69, 9.17) is 0 Å². The maximum Gasteiger partial charge on any atom is 0.416 e. The Morgan fingerprint density at radius 3 is 2.52 bits per heavy atom. The predicted octanol–water partition coefficient (Wildman–Crippen LogP) is 5.00. The van der Waals surface area contributed by atoms with E-state index in [1.807, 2.05) is 34.9 Å². The van der Waals surface area contributed by atoms with Crippen LogP contribution in [0, 0.1) is 0 Å². The molecule has 2 aromatic carbocycles. The molecule has 1 N–H and O–H groups in total. The van der Waals surface area contributed by atoms with Crippen LogP contribution < -0.4 is 5.32 Å². The van der Waals surface area contributed by atoms with Gasteiger partial charge in [-0.3, -0.25) is 14.3 Å². The van der Waals surface area contributed by atoms with Crippen LogP contribution in [0.2, 0.25) is 0 Å². The summed E-state index contributed by atoms with van der Waals surface area (Å²) in [4.78, 5) is 15.1. The van der Waals surface area contributed by atoms with Crippen LogP contribution in [0.4, 0.5) is 18.9 Å². The van der Waals surface area contributed by atoms with Crippen molar-refractivity contribution in [3.8, 4) is 5.69 Å². The summed E-state index contributed by atoms with van der Waals surface area (Å²) < 4.78 is 40.8. The van der Waals surface area contributed by atoms with Crippen molar-refractivity contribution < 1.29 is 18.0 Å². The Bertz CT molecular complexity index is 1100. The highest BCUT2D eigenvalue weighted by Gasteiger charge is 2.31. The molecule has 33 heavy (non-hydrogen) atoms. The monoisotopic (exact) mass is 475 g/mol. The summed E-state index contributed by atoms with van der Waals surface area (Å²) in [6, 6.07) is 14.3. The molecule has 0 saturated carbocycles. The second kappa shape index (κ2) is 9.96. The van der Waals surface area contributed by atoms with Crippen LogP contribution in [0.15, 0.2) is 59.8 Å². The van der Waals surface area contributed by atoms with Crippen LogP contribution in [0.3, 0.4) is 0 Å². The normalized spacial score (nSPS) is 15.5. The topological polar surface area (TPSA) is 63.1 Å². The molecule has 0 radical (unpaired) electrons. The zero-order valence-electron chi connectivity index (χ0n) is 18.0. The van der Waals surface area contributed by atoms with Gasteiger partial charge in [0, 0.05) is 11.4 Å². The number of halogens is 3. The Morgan fingerprint density at radius 1 is 1.09 bits per heavy atom. The van der Waals surface area contributed by atoms with Crippen molar-refractivity contribution in [2.45, 2.75) is 42.9 Å². The molecule has 1 aliphatic rings. The summed E-state index contributed by atoms with van der Waals surface area (Å²) in [5.41, 5.74) is 0.183. The molecule has 10 heteroatoms. The molecule has 2 heterocycles. The highest BCUT2D eigenvalue weighted by molar-refractivity contribution is 8.00. The van der Waals surface area contributed by atoms with Crippen molar-refractivity contribution in [2.75, 3.05) is 18.4 Å². The maximum atomic E-state index is 13.0. The second-order valence-electron chi connectivity index (χ2n) is 7.88. The quantitative estimate of drug-likeness (QED) is 0.487. The van der Waals surface area contributed by atoms with E-state index in [2.05, 4.69) is 20.4 Å². The van der Waals surface area contributed by atoms with E-state index in [9.17, 15) is 18.0 Å². The van der Waals surface area contributed by atoms with Crippen molar-refractivity contribution in [1.82, 2.24) is 19.7 Å². The summed E-state index contributed by atoms with van der Waals surface area (Å²) in [6.45, 7) is 4.38. The lowest BCUT2D eigenvalue weighted by molar-refractivity contribution is -0.137. The number of rotatable bonds is 7. The van der Waals surface area contributed by atoms with Gasteiger partial charge in [0.2, 0.25) is 5.91 Å². The molecule has 1 aliphatic heterocycles. The minimum Gasteiger partial charge on any atom is -0.325 e. The molecule has 174 valence electrons. The molecular weight excluding hydrogens is 451 g/mol. The maximum absolute atomic E-state index is 13.0. The number of hydrogen-bond donors (Lipinski definition) is 1. The van der Waals surface area contributed by atoms with Crippen LogP contribution in [0.1, 0.15) is 31.2 Å². The van der Waals surface area contributed by atoms with Gasteiger partial charge in [-0.1, -0.05) is 36.0 Å². The summed E-state index contributed by atoms with van der Waals surface area (Å²) in [7, 11) is 0. The Hall–Kier alpha value is -2.85. The summed E-state index contributed by atoms with van der Waals surface area (Å²) in [5, 5.41) is 11.2. The number of likely N-dealkylation sites (tertiary alicyclic amines) is 1. The molecule has 1 saturated heterocycles. The van der Waals surface area contributed by atoms with Gasteiger partial charge in [0.25, 0.3) is 0 Å². The lowest BCUT2D eigenvalue weighted by Crippen LogP contribution is -2.23. The number of para-hydroxylation sites is 1. The first-order chi connectivity index (χ1) is 15.8. The Balaban J connectivity index is 1.52. The standard InChI is InChI=1S/C23H24F3N5OS/c1-16(21(32)27-18-9-7-8-17(14-18)23(24,25)26)33-22-29-28-20(15-30-12-5-6-13-30)31(22)19-10-3-2-4-11-19/h2-4,7-11,14,16H,5-6,12-13,15H2,1H3,(H,27,32). The van der Waals surface area contributed by atoms with Crippen LogP contribution in [-0.4, -0.2) is 43.9 Å². The number of carbonyl (C=O) groups excluding carboxylic acids is 1. The van der Waals surface area contributed by atoms with E-state index in [0.29, 0.717) is 11.7 Å². The average molecular weight is 476 g/mol. The van der Waals surface area contributed by atoms with Gasteiger partial charge in [-0.2, -0.15) is 13.2 Å². The molecule has 1 amide bonds. The van der Waals surface area contributed by atoms with E-state index < -0.39 is 22.9 Å². The number of nitrogens with one attached hydrogen (secondary N) is 1. The van der Waals surface area contributed by atoms with Crippen molar-refractivity contribution in [2.24, 2.45) is 0 Å². The number of aromatic nitrogens is 3. The molecular formula is C23H24F3N5OS. The zero-order valence-corrected chi connectivity index (χ0v) is 18.9. The summed E-state index contributed by atoms with van der Waals surface area (Å²) in [5.74, 6) is 0.374. The van der Waals surface area contributed by atoms with Gasteiger partial charge in [0.05, 0.1) is 17.4 Å². The van der Waals surface area contributed by atoms with E-state index in [0.717, 1.165) is 49.6 Å². The number of alkyl halides is 3. The molecule has 4 rings (SSSR count). The fourth-order valence-electron chi connectivity index (χ4n) is 3.69. The van der Waals surface area contributed by atoms with Crippen LogP contribution in [0.25, 0.3) is 5.69 Å². The van der Waals surface area contributed by atoms with E-state index in [-0.39, 0.29) is 5.69 Å². The molecule has 0 aliphatic carbocycles. The number of anilines is 1. The lowest BCUT2D eigenvalue weighted by Gasteiger charge is -2.17. The predicted molar refractivity (Wildman–Crippen MR) is 121 cm³/mol. The third-order valence-corrected chi connectivity index (χ3v) is 6.43. The van der Waals surface area contributed by atoms with Gasteiger partial charge in [0.15, 0.2) is 11.0 Å². The first-order valence-electron chi connectivity index (χ1n) is 10.7. The zero-order chi connectivity index (χ0) is 23.4. The lowest BCUT2D eigenvalue weighted by atomic mass is 10.2. The van der Waals surface area contributed by atoms with Crippen molar-refractivity contribution in [3.63, 3.8) is 0 Å². The number of hydrogen-bond acceptors (Lipinski definition) is 5. The Morgan fingerprint density at radius 2 is 1.82 bits per heavy atom. The molecule has 6 nitrogen and oxygen atoms in total. The number of thioether (sulfide) groups is 1. The largest absolute Gasteiger partial charge is 0.416 e. The van der Waals surface area contributed by atoms with Gasteiger partial charge in [0.1, 0.15) is 0 Å². The Kier molecular flexibility index (Phi) is 7.04. The molecule has 1 unspecified atom stereocenters. The summed E-state index contributed by atoms with van der Waals surface area (Å²) >= 11 is 1.22. The fourth-order valence-corrected chi connectivity index (χ4v) is 4.57. The first-order valence-corrected chi connectivity index (χ1v) is 11.6. The van der Waals surface area contributed by atoms with E-state index >= 15 is 0 Å². The Labute approximate surface area is 194 Å². The summed E-state index contributed by atoms with van der Waals surface area (Å²) in [6.07, 6.45) is -2.15. The van der Waals surface area contributed by atoms with Crippen molar-refractivity contribution in [3.05, 3.63) is 66.0 Å². The molecule has 0 spiro atoms. The first kappa shape index (κ1) is 23.3. The minimum atomic E-state index is -4.47. The van der Waals surface area contributed by atoms with Crippen molar-refractivity contribution >= 4 is 23.4 Å². The average Bonchev–Trinajstić information content (AvgIpc) is 3.44. The molecule has 1 fully saturated rings. The van der Waals surface area contributed by atoms with Gasteiger partial charge in [-0.25, -0.2) is 0 Å². The van der Waals surface area contributed by atoms with Crippen LogP contribution >= 0.6 is 11.8 Å². The smallest absolute Gasteiger partial charge is 0.325 e. The SMILES string of the molecule is CC(Sc1nnc(CN2CCCC2)n1-c1ccccc1)C(=O)Nc1cccc(C(F)(F)F)c1. The van der Waals surface area contributed by atoms with Gasteiger partial charge in [-0.05, 0) is 63.2 Å². The highest BCUT2D eigenvalue weighted by atomic mass is 32.2. The number of nitrogens with zero attached hydrogens (tertiary/aromatic N) is 4. The number of benzene rings is 2. The van der Waals surface area contributed by atoms with Gasteiger partial charge >= 0.3 is 6.18 Å². The molecule has 0 bridgehead atoms. The molecule has 1 atom stereocenters. The highest BCUT2D eigenvalue weighted by Crippen LogP contribution is 2.31. The second-order valence-corrected chi connectivity index (χ2v) is 9.19. The molecule has 3 aromatic rings. The van der Waals surface area contributed by atoms with Crippen LogP contribution in [-0.2, 0) is 17.5 Å². The number of amides is 1. The molecule has 1 aromatic heterocycles. The third-order valence-electron chi connectivity index (χ3n) is 5.39. The third kappa shape index (κ3) is 5.75. The van der Waals surface area contributed by atoms with Gasteiger partial charge in [-0.15, -0.1) is 10.2 Å². The minimum absolute atomic E-state index is 0.0986. The van der Waals surface area contributed by atoms with E-state index in [1.54, 1.807) is 6.92 Å². The van der Waals surface area contributed by atoms with E-state index in [1.165, 1.54) is 23.9 Å². The fraction of sp³-hybridized carbons (Fsp3) is 0.348.